The first-order valence-electron chi connectivity index (χ1n) is 8.88. The molecule has 0 unspecified atom stereocenters. The summed E-state index contributed by atoms with van der Waals surface area (Å²) in [4.78, 5) is 13.0. The van der Waals surface area contributed by atoms with Crippen LogP contribution < -0.4 is 10.5 Å². The Bertz CT molecular complexity index is 979. The van der Waals surface area contributed by atoms with E-state index in [0.717, 1.165) is 16.7 Å². The van der Waals surface area contributed by atoms with E-state index in [-0.39, 0.29) is 11.7 Å². The summed E-state index contributed by atoms with van der Waals surface area (Å²) in [6, 6.07) is 26.3. The number of carbonyl (C=O) groups is 1. The summed E-state index contributed by atoms with van der Waals surface area (Å²) in [5.41, 5.74) is 3.35. The Labute approximate surface area is 165 Å². The number of nitrogens with two attached hydrogens (primary N) is 1. The van der Waals surface area contributed by atoms with Gasteiger partial charge in [-0.3, -0.25) is 4.79 Å². The summed E-state index contributed by atoms with van der Waals surface area (Å²) in [5, 5.41) is 8.04. The third kappa shape index (κ3) is 5.52. The lowest BCUT2D eigenvalue weighted by atomic mass is 9.90. The van der Waals surface area contributed by atoms with Crippen LogP contribution in [0.1, 0.15) is 28.2 Å². The molecular formula is C22H22N2O3S. The molecule has 0 spiro atoms. The normalized spacial score (nSPS) is 11.4. The predicted octanol–water partition coefficient (Wildman–Crippen LogP) is 2.92. The Morgan fingerprint density at radius 2 is 1.25 bits per heavy atom. The smallest absolute Gasteiger partial charge is 0.232 e. The largest absolute Gasteiger partial charge is 0.351 e. The topological polar surface area (TPSA) is 89.3 Å². The van der Waals surface area contributed by atoms with Gasteiger partial charge in [0, 0.05) is 6.54 Å². The molecule has 0 aromatic heterocycles. The SMILES string of the molecule is NS(=O)(=O)Cc1ccc(CNC(=O)C(c2ccccc2)c2ccccc2)cc1. The average Bonchev–Trinajstić information content (AvgIpc) is 2.68. The highest BCUT2D eigenvalue weighted by Crippen LogP contribution is 2.24. The Hall–Kier alpha value is -2.96. The van der Waals surface area contributed by atoms with Gasteiger partial charge < -0.3 is 5.32 Å². The summed E-state index contributed by atoms with van der Waals surface area (Å²) < 4.78 is 22.3. The number of carbonyl (C=O) groups excluding carboxylic acids is 1. The fourth-order valence-electron chi connectivity index (χ4n) is 3.06. The van der Waals surface area contributed by atoms with Crippen LogP contribution in [-0.4, -0.2) is 14.3 Å². The summed E-state index contributed by atoms with van der Waals surface area (Å²) in [7, 11) is -3.56. The molecule has 0 aliphatic carbocycles. The molecule has 3 rings (SSSR count). The molecule has 3 aromatic rings. The van der Waals surface area contributed by atoms with E-state index in [4.69, 9.17) is 5.14 Å². The highest BCUT2D eigenvalue weighted by atomic mass is 32.2. The number of nitrogens with one attached hydrogen (secondary N) is 1. The Morgan fingerprint density at radius 3 is 1.71 bits per heavy atom. The molecule has 0 fully saturated rings. The van der Waals surface area contributed by atoms with Gasteiger partial charge in [-0.15, -0.1) is 0 Å². The second kappa shape index (κ2) is 8.82. The molecule has 0 atom stereocenters. The monoisotopic (exact) mass is 394 g/mol. The molecule has 6 heteroatoms. The second-order valence-corrected chi connectivity index (χ2v) is 8.21. The summed E-state index contributed by atoms with van der Waals surface area (Å²) in [6.07, 6.45) is 0. The molecule has 0 radical (unpaired) electrons. The van der Waals surface area contributed by atoms with Gasteiger partial charge in [0.1, 0.15) is 0 Å². The molecular weight excluding hydrogens is 372 g/mol. The van der Waals surface area contributed by atoms with Gasteiger partial charge in [0.25, 0.3) is 0 Å². The molecule has 1 amide bonds. The van der Waals surface area contributed by atoms with Gasteiger partial charge in [0.05, 0.1) is 11.7 Å². The number of rotatable bonds is 7. The first-order valence-corrected chi connectivity index (χ1v) is 10.6. The van der Waals surface area contributed by atoms with Gasteiger partial charge in [-0.2, -0.15) is 0 Å². The second-order valence-electron chi connectivity index (χ2n) is 6.60. The molecule has 0 bridgehead atoms. The van der Waals surface area contributed by atoms with Crippen molar-refractivity contribution in [3.63, 3.8) is 0 Å². The van der Waals surface area contributed by atoms with Crippen LogP contribution in [0, 0.1) is 0 Å². The van der Waals surface area contributed by atoms with Gasteiger partial charge in [0.2, 0.25) is 15.9 Å². The van der Waals surface area contributed by atoms with Crippen LogP contribution in [-0.2, 0) is 27.1 Å². The third-order valence-electron chi connectivity index (χ3n) is 4.39. The van der Waals surface area contributed by atoms with Crippen LogP contribution in [0.25, 0.3) is 0 Å². The number of hydrogen-bond acceptors (Lipinski definition) is 3. The predicted molar refractivity (Wildman–Crippen MR) is 110 cm³/mol. The van der Waals surface area contributed by atoms with Crippen molar-refractivity contribution in [2.75, 3.05) is 0 Å². The molecule has 3 N–H and O–H groups in total. The number of hydrogen-bond donors (Lipinski definition) is 2. The molecule has 144 valence electrons. The molecule has 3 aromatic carbocycles. The van der Waals surface area contributed by atoms with E-state index in [0.29, 0.717) is 12.1 Å². The van der Waals surface area contributed by atoms with Crippen molar-refractivity contribution in [3.05, 3.63) is 107 Å². The Balaban J connectivity index is 1.72. The van der Waals surface area contributed by atoms with E-state index in [2.05, 4.69) is 5.32 Å². The Kier molecular flexibility index (Phi) is 6.23. The maximum atomic E-state index is 13.0. The first-order chi connectivity index (χ1) is 13.4. The van der Waals surface area contributed by atoms with Crippen molar-refractivity contribution in [2.45, 2.75) is 18.2 Å². The zero-order chi connectivity index (χ0) is 20.0. The van der Waals surface area contributed by atoms with E-state index in [1.807, 2.05) is 60.7 Å². The Morgan fingerprint density at radius 1 is 0.786 bits per heavy atom. The van der Waals surface area contributed by atoms with Crippen molar-refractivity contribution < 1.29 is 13.2 Å². The van der Waals surface area contributed by atoms with Crippen LogP contribution in [0.2, 0.25) is 0 Å². The lowest BCUT2D eigenvalue weighted by molar-refractivity contribution is -0.121. The van der Waals surface area contributed by atoms with Gasteiger partial charge in [0.15, 0.2) is 0 Å². The number of benzene rings is 3. The van der Waals surface area contributed by atoms with Crippen molar-refractivity contribution in [3.8, 4) is 0 Å². The van der Waals surface area contributed by atoms with Crippen LogP contribution >= 0.6 is 0 Å². The quantitative estimate of drug-likeness (QED) is 0.646. The van der Waals surface area contributed by atoms with Gasteiger partial charge in [-0.1, -0.05) is 84.9 Å². The van der Waals surface area contributed by atoms with Crippen LogP contribution in [0.4, 0.5) is 0 Å². The summed E-state index contributed by atoms with van der Waals surface area (Å²) in [6.45, 7) is 0.352. The molecule has 0 saturated heterocycles. The minimum Gasteiger partial charge on any atom is -0.351 e. The molecule has 5 nitrogen and oxygen atoms in total. The molecule has 0 saturated carbocycles. The van der Waals surface area contributed by atoms with Gasteiger partial charge in [-0.05, 0) is 22.3 Å². The van der Waals surface area contributed by atoms with E-state index in [9.17, 15) is 13.2 Å². The molecule has 0 aliphatic heterocycles. The standard InChI is InChI=1S/C22H22N2O3S/c23-28(26,27)16-18-13-11-17(12-14-18)15-24-22(25)21(19-7-3-1-4-8-19)20-9-5-2-6-10-20/h1-14,21H,15-16H2,(H,24,25)(H2,23,26,27). The number of sulfonamides is 1. The zero-order valence-electron chi connectivity index (χ0n) is 15.3. The van der Waals surface area contributed by atoms with Crippen molar-refractivity contribution in [2.24, 2.45) is 5.14 Å². The van der Waals surface area contributed by atoms with Gasteiger partial charge >= 0.3 is 0 Å². The first kappa shape index (κ1) is 19.8. The highest BCUT2D eigenvalue weighted by molar-refractivity contribution is 7.88. The van der Waals surface area contributed by atoms with E-state index < -0.39 is 15.9 Å². The maximum Gasteiger partial charge on any atom is 0.232 e. The van der Waals surface area contributed by atoms with Crippen molar-refractivity contribution in [1.29, 1.82) is 0 Å². The molecule has 0 heterocycles. The summed E-state index contributed by atoms with van der Waals surface area (Å²) in [5.74, 6) is -0.695. The zero-order valence-corrected chi connectivity index (χ0v) is 16.1. The van der Waals surface area contributed by atoms with Gasteiger partial charge in [-0.25, -0.2) is 13.6 Å². The van der Waals surface area contributed by atoms with E-state index in [1.165, 1.54) is 0 Å². The van der Waals surface area contributed by atoms with Crippen LogP contribution in [0.15, 0.2) is 84.9 Å². The maximum absolute atomic E-state index is 13.0. The van der Waals surface area contributed by atoms with E-state index >= 15 is 0 Å². The highest BCUT2D eigenvalue weighted by Gasteiger charge is 2.22. The molecule has 0 aliphatic rings. The lowest BCUT2D eigenvalue weighted by Gasteiger charge is -2.18. The third-order valence-corrected chi connectivity index (χ3v) is 5.12. The average molecular weight is 394 g/mol. The number of amides is 1. The fourth-order valence-corrected chi connectivity index (χ4v) is 3.72. The summed E-state index contributed by atoms with van der Waals surface area (Å²) >= 11 is 0. The van der Waals surface area contributed by atoms with Crippen molar-refractivity contribution >= 4 is 15.9 Å². The van der Waals surface area contributed by atoms with Crippen LogP contribution in [0.5, 0.6) is 0 Å². The fraction of sp³-hybridized carbons (Fsp3) is 0.136. The van der Waals surface area contributed by atoms with E-state index in [1.54, 1.807) is 24.3 Å². The number of primary sulfonamides is 1. The van der Waals surface area contributed by atoms with Crippen LogP contribution in [0.3, 0.4) is 0 Å². The molecule has 28 heavy (non-hydrogen) atoms. The lowest BCUT2D eigenvalue weighted by Crippen LogP contribution is -2.29. The minimum absolute atomic E-state index is 0.0917. The minimum atomic E-state index is -3.56. The van der Waals surface area contributed by atoms with Crippen molar-refractivity contribution in [1.82, 2.24) is 5.32 Å².